The van der Waals surface area contributed by atoms with E-state index in [1.807, 2.05) is 6.92 Å². The number of anilines is 1. The zero-order chi connectivity index (χ0) is 12.3. The van der Waals surface area contributed by atoms with Crippen LogP contribution in [0.4, 0.5) is 5.82 Å². The second-order valence-corrected chi connectivity index (χ2v) is 3.44. The van der Waals surface area contributed by atoms with Gasteiger partial charge < -0.3 is 11.1 Å². The van der Waals surface area contributed by atoms with E-state index < -0.39 is 0 Å². The number of carbonyl (C=O) groups is 1. The maximum atomic E-state index is 11.6. The number of rotatable bonds is 3. The minimum absolute atomic E-state index is 0.200. The van der Waals surface area contributed by atoms with E-state index in [0.717, 1.165) is 5.69 Å². The highest BCUT2D eigenvalue weighted by Crippen LogP contribution is 2.09. The van der Waals surface area contributed by atoms with Gasteiger partial charge >= 0.3 is 0 Å². The lowest BCUT2D eigenvalue weighted by molar-refractivity contribution is 0.0951. The fourth-order valence-electron chi connectivity index (χ4n) is 1.42. The summed E-state index contributed by atoms with van der Waals surface area (Å²) in [5, 5.41) is 6.75. The molecular weight excluding hydrogens is 218 g/mol. The predicted octanol–water partition coefficient (Wildman–Crippen LogP) is 0.599. The van der Waals surface area contributed by atoms with Crippen molar-refractivity contribution in [2.45, 2.75) is 6.92 Å². The molecule has 3 N–H and O–H groups in total. The van der Waals surface area contributed by atoms with E-state index in [-0.39, 0.29) is 5.91 Å². The molecule has 88 valence electrons. The highest BCUT2D eigenvalue weighted by molar-refractivity contribution is 5.92. The molecule has 0 unspecified atom stereocenters. The van der Waals surface area contributed by atoms with Gasteiger partial charge in [0.1, 0.15) is 11.5 Å². The van der Waals surface area contributed by atoms with Gasteiger partial charge in [0.2, 0.25) is 0 Å². The molecule has 6 heteroatoms. The van der Waals surface area contributed by atoms with E-state index in [4.69, 9.17) is 5.73 Å². The van der Waals surface area contributed by atoms with Crippen LogP contribution in [-0.4, -0.2) is 27.2 Å². The van der Waals surface area contributed by atoms with Gasteiger partial charge in [-0.05, 0) is 19.1 Å². The molecule has 0 saturated heterocycles. The first kappa shape index (κ1) is 11.1. The van der Waals surface area contributed by atoms with Crippen LogP contribution in [0.15, 0.2) is 30.6 Å². The number of nitrogens with two attached hydrogens (primary N) is 1. The summed E-state index contributed by atoms with van der Waals surface area (Å²) in [6.07, 6.45) is 3.30. The fourth-order valence-corrected chi connectivity index (χ4v) is 1.42. The average molecular weight is 231 g/mol. The van der Waals surface area contributed by atoms with Crippen LogP contribution in [0, 0.1) is 0 Å². The second-order valence-electron chi connectivity index (χ2n) is 3.44. The van der Waals surface area contributed by atoms with Crippen molar-refractivity contribution in [3.8, 4) is 5.69 Å². The molecule has 6 nitrogen and oxygen atoms in total. The summed E-state index contributed by atoms with van der Waals surface area (Å²) >= 11 is 0. The van der Waals surface area contributed by atoms with Crippen molar-refractivity contribution in [1.82, 2.24) is 20.1 Å². The minimum atomic E-state index is -0.200. The van der Waals surface area contributed by atoms with Gasteiger partial charge in [0.15, 0.2) is 0 Å². The van der Waals surface area contributed by atoms with Crippen molar-refractivity contribution in [3.05, 3.63) is 36.3 Å². The predicted molar refractivity (Wildman–Crippen MR) is 63.8 cm³/mol. The van der Waals surface area contributed by atoms with Gasteiger partial charge in [-0.2, -0.15) is 5.10 Å². The fraction of sp³-hybridized carbons (Fsp3) is 0.182. The lowest BCUT2D eigenvalue weighted by atomic mass is 10.3. The summed E-state index contributed by atoms with van der Waals surface area (Å²) in [4.78, 5) is 15.6. The highest BCUT2D eigenvalue weighted by atomic mass is 16.1. The zero-order valence-corrected chi connectivity index (χ0v) is 9.42. The molecule has 0 radical (unpaired) electrons. The third kappa shape index (κ3) is 2.41. The summed E-state index contributed by atoms with van der Waals surface area (Å²) in [6.45, 7) is 2.43. The number of nitrogen functional groups attached to an aromatic ring is 1. The summed E-state index contributed by atoms with van der Waals surface area (Å²) in [5.74, 6) is 0.232. The van der Waals surface area contributed by atoms with Crippen LogP contribution >= 0.6 is 0 Å². The first-order valence-electron chi connectivity index (χ1n) is 5.26. The van der Waals surface area contributed by atoms with Crippen molar-refractivity contribution in [2.75, 3.05) is 12.3 Å². The van der Waals surface area contributed by atoms with Crippen LogP contribution in [0.25, 0.3) is 5.69 Å². The van der Waals surface area contributed by atoms with E-state index in [0.29, 0.717) is 18.1 Å². The molecule has 0 aliphatic heterocycles. The number of hydrogen-bond acceptors (Lipinski definition) is 4. The first-order chi connectivity index (χ1) is 8.20. The van der Waals surface area contributed by atoms with Crippen molar-refractivity contribution in [3.63, 3.8) is 0 Å². The van der Waals surface area contributed by atoms with E-state index in [9.17, 15) is 4.79 Å². The zero-order valence-electron chi connectivity index (χ0n) is 9.42. The van der Waals surface area contributed by atoms with Crippen LogP contribution in [0.5, 0.6) is 0 Å². The molecule has 0 bridgehead atoms. The number of nitrogens with one attached hydrogen (secondary N) is 1. The monoisotopic (exact) mass is 231 g/mol. The number of nitrogens with zero attached hydrogens (tertiary/aromatic N) is 3. The number of hydrogen-bond donors (Lipinski definition) is 2. The molecular formula is C11H13N5O. The summed E-state index contributed by atoms with van der Waals surface area (Å²) in [6, 6.07) is 5.11. The van der Waals surface area contributed by atoms with Gasteiger partial charge in [-0.1, -0.05) is 0 Å². The maximum absolute atomic E-state index is 11.6. The Kier molecular flexibility index (Phi) is 3.04. The van der Waals surface area contributed by atoms with E-state index >= 15 is 0 Å². The smallest absolute Gasteiger partial charge is 0.269 e. The standard InChI is InChI=1S/C11H13N5O/c1-2-13-11(17)9-7-8(3-5-14-9)16-6-4-10(12)15-16/h3-7H,2H2,1H3,(H2,12,15)(H,13,17). The number of amides is 1. The Morgan fingerprint density at radius 2 is 2.35 bits per heavy atom. The summed E-state index contributed by atoms with van der Waals surface area (Å²) in [7, 11) is 0. The first-order valence-corrected chi connectivity index (χ1v) is 5.26. The largest absolute Gasteiger partial charge is 0.382 e. The highest BCUT2D eigenvalue weighted by Gasteiger charge is 2.07. The van der Waals surface area contributed by atoms with Crippen molar-refractivity contribution in [2.24, 2.45) is 0 Å². The van der Waals surface area contributed by atoms with Crippen molar-refractivity contribution < 1.29 is 4.79 Å². The van der Waals surface area contributed by atoms with Crippen molar-refractivity contribution >= 4 is 11.7 Å². The lowest BCUT2D eigenvalue weighted by Gasteiger charge is -2.04. The summed E-state index contributed by atoms with van der Waals surface area (Å²) < 4.78 is 1.60. The molecule has 0 saturated carbocycles. The summed E-state index contributed by atoms with van der Waals surface area (Å²) in [5.41, 5.74) is 6.64. The number of pyridine rings is 1. The molecule has 0 fully saturated rings. The Hall–Kier alpha value is -2.37. The van der Waals surface area contributed by atoms with Gasteiger partial charge in [0.05, 0.1) is 5.69 Å². The Morgan fingerprint density at radius 1 is 1.53 bits per heavy atom. The van der Waals surface area contributed by atoms with Crippen LogP contribution in [0.1, 0.15) is 17.4 Å². The van der Waals surface area contributed by atoms with Crippen LogP contribution in [-0.2, 0) is 0 Å². The maximum Gasteiger partial charge on any atom is 0.269 e. The third-order valence-corrected chi connectivity index (χ3v) is 2.19. The molecule has 0 aliphatic rings. The Labute approximate surface area is 98.5 Å². The molecule has 0 aliphatic carbocycles. The SMILES string of the molecule is CCNC(=O)c1cc(-n2ccc(N)n2)ccn1. The van der Waals surface area contributed by atoms with Gasteiger partial charge in [0.25, 0.3) is 5.91 Å². The second kappa shape index (κ2) is 4.65. The van der Waals surface area contributed by atoms with Gasteiger partial charge in [-0.3, -0.25) is 9.78 Å². The van der Waals surface area contributed by atoms with E-state index in [2.05, 4.69) is 15.4 Å². The Balaban J connectivity index is 2.31. The normalized spacial score (nSPS) is 10.2. The molecule has 2 aromatic rings. The van der Waals surface area contributed by atoms with Crippen LogP contribution in [0.2, 0.25) is 0 Å². The minimum Gasteiger partial charge on any atom is -0.382 e. The topological polar surface area (TPSA) is 85.8 Å². The van der Waals surface area contributed by atoms with Gasteiger partial charge in [-0.25, -0.2) is 4.68 Å². The lowest BCUT2D eigenvalue weighted by Crippen LogP contribution is -2.23. The van der Waals surface area contributed by atoms with Gasteiger partial charge in [0, 0.05) is 25.0 Å². The average Bonchev–Trinajstić information content (AvgIpc) is 2.76. The number of aromatic nitrogens is 3. The molecule has 0 spiro atoms. The van der Waals surface area contributed by atoms with E-state index in [1.165, 1.54) is 0 Å². The molecule has 2 aromatic heterocycles. The molecule has 1 amide bonds. The molecule has 2 rings (SSSR count). The molecule has 2 heterocycles. The van der Waals surface area contributed by atoms with Gasteiger partial charge in [-0.15, -0.1) is 0 Å². The third-order valence-electron chi connectivity index (χ3n) is 2.19. The Morgan fingerprint density at radius 3 is 3.00 bits per heavy atom. The van der Waals surface area contributed by atoms with Crippen molar-refractivity contribution in [1.29, 1.82) is 0 Å². The van der Waals surface area contributed by atoms with Crippen LogP contribution < -0.4 is 11.1 Å². The Bertz CT molecular complexity index is 534. The van der Waals surface area contributed by atoms with Crippen LogP contribution in [0.3, 0.4) is 0 Å². The quantitative estimate of drug-likeness (QED) is 0.809. The molecule has 0 aromatic carbocycles. The molecule has 0 atom stereocenters. The number of carbonyl (C=O) groups excluding carboxylic acids is 1. The van der Waals surface area contributed by atoms with E-state index in [1.54, 1.807) is 35.3 Å². The molecule has 17 heavy (non-hydrogen) atoms.